The number of anilines is 1. The third kappa shape index (κ3) is 6.66. The van der Waals surface area contributed by atoms with Gasteiger partial charge in [-0.15, -0.1) is 11.8 Å². The van der Waals surface area contributed by atoms with E-state index < -0.39 is 22.5 Å². The molecule has 27 heavy (non-hydrogen) atoms. The van der Waals surface area contributed by atoms with E-state index in [1.807, 2.05) is 0 Å². The number of benzene rings is 2. The molecule has 1 amide bonds. The smallest absolute Gasteiger partial charge is 0.320 e. The van der Waals surface area contributed by atoms with Crippen molar-refractivity contribution in [1.29, 1.82) is 0 Å². The fourth-order valence-corrected chi connectivity index (χ4v) is 3.57. The summed E-state index contributed by atoms with van der Waals surface area (Å²) in [5, 5.41) is 2.64. The lowest BCUT2D eigenvalue weighted by Gasteiger charge is -2.08. The first-order valence-electron chi connectivity index (χ1n) is 7.65. The number of esters is 1. The van der Waals surface area contributed by atoms with Crippen molar-refractivity contribution in [3.63, 3.8) is 0 Å². The lowest BCUT2D eigenvalue weighted by Crippen LogP contribution is -2.30. The SMILES string of the molecule is COC(=O)CNS(=O)(=O)c1ccc(NC(=O)CSc2ccc(F)cc2)cc1. The predicted molar refractivity (Wildman–Crippen MR) is 99.4 cm³/mol. The molecule has 7 nitrogen and oxygen atoms in total. The Morgan fingerprint density at radius 3 is 2.30 bits per heavy atom. The highest BCUT2D eigenvalue weighted by Crippen LogP contribution is 2.19. The molecule has 0 aliphatic heterocycles. The lowest BCUT2D eigenvalue weighted by molar-refractivity contribution is -0.139. The van der Waals surface area contributed by atoms with Crippen LogP contribution in [0, 0.1) is 5.82 Å². The summed E-state index contributed by atoms with van der Waals surface area (Å²) in [6.07, 6.45) is 0. The molecule has 0 fully saturated rings. The van der Waals surface area contributed by atoms with Gasteiger partial charge in [0.05, 0.1) is 17.8 Å². The van der Waals surface area contributed by atoms with Crippen LogP contribution < -0.4 is 10.0 Å². The number of amides is 1. The van der Waals surface area contributed by atoms with Gasteiger partial charge in [0, 0.05) is 10.6 Å². The van der Waals surface area contributed by atoms with Crippen molar-refractivity contribution in [2.45, 2.75) is 9.79 Å². The van der Waals surface area contributed by atoms with Gasteiger partial charge in [-0.1, -0.05) is 0 Å². The molecule has 0 atom stereocenters. The highest BCUT2D eigenvalue weighted by Gasteiger charge is 2.15. The van der Waals surface area contributed by atoms with E-state index in [9.17, 15) is 22.4 Å². The van der Waals surface area contributed by atoms with Crippen LogP contribution in [0.2, 0.25) is 0 Å². The monoisotopic (exact) mass is 412 g/mol. The van der Waals surface area contributed by atoms with Gasteiger partial charge in [0.25, 0.3) is 0 Å². The van der Waals surface area contributed by atoms with Crippen LogP contribution in [0.3, 0.4) is 0 Å². The largest absolute Gasteiger partial charge is 0.468 e. The second-order valence-electron chi connectivity index (χ2n) is 5.22. The number of carbonyl (C=O) groups excluding carboxylic acids is 2. The van der Waals surface area contributed by atoms with Gasteiger partial charge in [0.2, 0.25) is 15.9 Å². The minimum Gasteiger partial charge on any atom is -0.468 e. The minimum absolute atomic E-state index is 0.0508. The zero-order valence-electron chi connectivity index (χ0n) is 14.3. The van der Waals surface area contributed by atoms with E-state index in [2.05, 4.69) is 14.8 Å². The topological polar surface area (TPSA) is 102 Å². The molecule has 144 valence electrons. The molecule has 0 spiro atoms. The van der Waals surface area contributed by atoms with Gasteiger partial charge in [-0.25, -0.2) is 12.8 Å². The second kappa shape index (κ2) is 9.49. The average Bonchev–Trinajstić information content (AvgIpc) is 2.66. The van der Waals surface area contributed by atoms with Gasteiger partial charge in [-0.3, -0.25) is 9.59 Å². The van der Waals surface area contributed by atoms with E-state index in [0.29, 0.717) is 5.69 Å². The number of ether oxygens (including phenoxy) is 1. The molecule has 2 rings (SSSR count). The third-order valence-corrected chi connectivity index (χ3v) is 5.70. The van der Waals surface area contributed by atoms with Gasteiger partial charge >= 0.3 is 5.97 Å². The van der Waals surface area contributed by atoms with Gasteiger partial charge in [-0.05, 0) is 48.5 Å². The van der Waals surface area contributed by atoms with Gasteiger partial charge in [0.1, 0.15) is 12.4 Å². The molecule has 0 saturated heterocycles. The molecular formula is C17H17FN2O5S2. The maximum absolute atomic E-state index is 12.8. The van der Waals surface area contributed by atoms with Crippen molar-refractivity contribution in [1.82, 2.24) is 4.72 Å². The van der Waals surface area contributed by atoms with Crippen molar-refractivity contribution in [3.05, 3.63) is 54.3 Å². The fraction of sp³-hybridized carbons (Fsp3) is 0.176. The van der Waals surface area contributed by atoms with E-state index >= 15 is 0 Å². The summed E-state index contributed by atoms with van der Waals surface area (Å²) >= 11 is 1.25. The summed E-state index contributed by atoms with van der Waals surface area (Å²) in [4.78, 5) is 23.7. The number of hydrogen-bond acceptors (Lipinski definition) is 6. The maximum atomic E-state index is 12.8. The Morgan fingerprint density at radius 1 is 1.07 bits per heavy atom. The number of hydrogen-bond donors (Lipinski definition) is 2. The van der Waals surface area contributed by atoms with Crippen LogP contribution in [0.5, 0.6) is 0 Å². The molecule has 0 aromatic heterocycles. The second-order valence-corrected chi connectivity index (χ2v) is 8.03. The minimum atomic E-state index is -3.86. The van der Waals surface area contributed by atoms with Gasteiger partial charge in [0.15, 0.2) is 0 Å². The molecule has 2 aromatic carbocycles. The summed E-state index contributed by atoms with van der Waals surface area (Å²) in [7, 11) is -2.70. The number of halogens is 1. The highest BCUT2D eigenvalue weighted by atomic mass is 32.2. The molecule has 2 N–H and O–H groups in total. The molecule has 10 heteroatoms. The quantitative estimate of drug-likeness (QED) is 0.508. The lowest BCUT2D eigenvalue weighted by atomic mass is 10.3. The molecule has 0 heterocycles. The Kier molecular flexibility index (Phi) is 7.34. The number of carbonyl (C=O) groups is 2. The Bertz CT molecular complexity index is 900. The van der Waals surface area contributed by atoms with E-state index in [-0.39, 0.29) is 22.4 Å². The van der Waals surface area contributed by atoms with Crippen LogP contribution in [0.15, 0.2) is 58.3 Å². The molecule has 0 aliphatic carbocycles. The molecular weight excluding hydrogens is 395 g/mol. The van der Waals surface area contributed by atoms with Crippen molar-refractivity contribution >= 4 is 39.3 Å². The molecule has 0 unspecified atom stereocenters. The van der Waals surface area contributed by atoms with Crippen molar-refractivity contribution < 1.29 is 27.1 Å². The van der Waals surface area contributed by atoms with Crippen LogP contribution in [0.4, 0.5) is 10.1 Å². The summed E-state index contributed by atoms with van der Waals surface area (Å²) < 4.78 is 43.4. The highest BCUT2D eigenvalue weighted by molar-refractivity contribution is 8.00. The Labute approximate surface area is 160 Å². The van der Waals surface area contributed by atoms with E-state index in [1.54, 1.807) is 12.1 Å². The summed E-state index contributed by atoms with van der Waals surface area (Å²) in [5.74, 6) is -1.23. The maximum Gasteiger partial charge on any atom is 0.320 e. The number of methoxy groups -OCH3 is 1. The molecule has 0 radical (unpaired) electrons. The predicted octanol–water partition coefficient (Wildman–Crippen LogP) is 2.01. The zero-order chi connectivity index (χ0) is 19.9. The number of nitrogens with one attached hydrogen (secondary N) is 2. The number of sulfonamides is 1. The van der Waals surface area contributed by atoms with Crippen LogP contribution in [0.1, 0.15) is 0 Å². The average molecular weight is 412 g/mol. The third-order valence-electron chi connectivity index (χ3n) is 3.27. The van der Waals surface area contributed by atoms with Gasteiger partial charge < -0.3 is 10.1 Å². The van der Waals surface area contributed by atoms with Crippen LogP contribution in [-0.2, 0) is 24.3 Å². The number of thioether (sulfide) groups is 1. The first-order chi connectivity index (χ1) is 12.8. The number of rotatable bonds is 8. The van der Waals surface area contributed by atoms with Crippen LogP contribution >= 0.6 is 11.8 Å². The van der Waals surface area contributed by atoms with Crippen LogP contribution in [0.25, 0.3) is 0 Å². The standard InChI is InChI=1S/C17H17FN2O5S2/c1-25-17(22)10-19-27(23,24)15-8-4-13(5-9-15)20-16(21)11-26-14-6-2-12(18)3-7-14/h2-9,19H,10-11H2,1H3,(H,20,21). The van der Waals surface area contributed by atoms with Crippen LogP contribution in [-0.4, -0.2) is 39.7 Å². The van der Waals surface area contributed by atoms with E-state index in [1.165, 1.54) is 48.2 Å². The molecule has 0 bridgehead atoms. The Balaban J connectivity index is 1.89. The van der Waals surface area contributed by atoms with E-state index in [0.717, 1.165) is 12.0 Å². The fourth-order valence-electron chi connectivity index (χ4n) is 1.90. The molecule has 2 aromatic rings. The first kappa shape index (κ1) is 20.9. The van der Waals surface area contributed by atoms with Gasteiger partial charge in [-0.2, -0.15) is 4.72 Å². The summed E-state index contributed by atoms with van der Waals surface area (Å²) in [6.45, 7) is -0.474. The summed E-state index contributed by atoms with van der Waals surface area (Å²) in [6, 6.07) is 11.3. The normalized spacial score (nSPS) is 11.0. The van der Waals surface area contributed by atoms with E-state index in [4.69, 9.17) is 0 Å². The Morgan fingerprint density at radius 2 is 1.70 bits per heavy atom. The molecule has 0 aliphatic rings. The first-order valence-corrected chi connectivity index (χ1v) is 10.1. The summed E-state index contributed by atoms with van der Waals surface area (Å²) in [5.41, 5.74) is 0.423. The van der Waals surface area contributed by atoms with Crippen molar-refractivity contribution in [2.75, 3.05) is 24.7 Å². The molecule has 0 saturated carbocycles. The van der Waals surface area contributed by atoms with Crippen molar-refractivity contribution in [3.8, 4) is 0 Å². The zero-order valence-corrected chi connectivity index (χ0v) is 15.9. The Hall–Kier alpha value is -2.43. The van der Waals surface area contributed by atoms with Crippen molar-refractivity contribution in [2.24, 2.45) is 0 Å².